The summed E-state index contributed by atoms with van der Waals surface area (Å²) in [5.41, 5.74) is 4.95. The van der Waals surface area contributed by atoms with Gasteiger partial charge in [0.25, 0.3) is 0 Å². The van der Waals surface area contributed by atoms with Gasteiger partial charge < -0.3 is 15.7 Å². The topological polar surface area (TPSA) is 49.5 Å². The lowest BCUT2D eigenvalue weighted by molar-refractivity contribution is 0.0314. The van der Waals surface area contributed by atoms with Gasteiger partial charge in [-0.1, -0.05) is 6.92 Å². The fourth-order valence-electron chi connectivity index (χ4n) is 2.36. The molecule has 1 aliphatic heterocycles. The van der Waals surface area contributed by atoms with Crippen LogP contribution < -0.4 is 5.73 Å². The zero-order chi connectivity index (χ0) is 11.3. The molecule has 0 aliphatic carbocycles. The Morgan fingerprint density at radius 3 is 2.73 bits per heavy atom. The number of nitrogens with two attached hydrogens (primary N) is 1. The lowest BCUT2D eigenvalue weighted by Gasteiger charge is -2.27. The molecule has 0 bridgehead atoms. The molecule has 0 amide bonds. The number of hydrogen-bond donors (Lipinski definition) is 2. The van der Waals surface area contributed by atoms with Crippen LogP contribution in [0.5, 0.6) is 0 Å². The third-order valence-corrected chi connectivity index (χ3v) is 3.82. The maximum atomic E-state index is 10.0. The summed E-state index contributed by atoms with van der Waals surface area (Å²) in [5, 5.41) is 10.0. The zero-order valence-electron chi connectivity index (χ0n) is 10.2. The second-order valence-electron chi connectivity index (χ2n) is 4.91. The van der Waals surface area contributed by atoms with Crippen LogP contribution in [0, 0.1) is 0 Å². The van der Waals surface area contributed by atoms with E-state index in [1.54, 1.807) is 0 Å². The van der Waals surface area contributed by atoms with Crippen LogP contribution in [0.2, 0.25) is 0 Å². The monoisotopic (exact) mass is 214 g/mol. The van der Waals surface area contributed by atoms with E-state index in [4.69, 9.17) is 5.73 Å². The van der Waals surface area contributed by atoms with E-state index in [1.807, 2.05) is 6.92 Å². The van der Waals surface area contributed by atoms with Gasteiger partial charge in [-0.2, -0.15) is 0 Å². The maximum Gasteiger partial charge on any atom is 0.0767 e. The van der Waals surface area contributed by atoms with Crippen molar-refractivity contribution in [3.63, 3.8) is 0 Å². The van der Waals surface area contributed by atoms with E-state index in [9.17, 15) is 5.11 Å². The summed E-state index contributed by atoms with van der Waals surface area (Å²) in [6, 6.07) is 0.734. The van der Waals surface area contributed by atoms with Crippen molar-refractivity contribution >= 4 is 0 Å². The minimum atomic E-state index is -0.622. The van der Waals surface area contributed by atoms with Crippen molar-refractivity contribution in [3.8, 4) is 0 Å². The molecule has 0 spiro atoms. The minimum absolute atomic E-state index is 0.388. The molecule has 0 aromatic carbocycles. The molecule has 3 N–H and O–H groups in total. The molecule has 0 radical (unpaired) electrons. The smallest absolute Gasteiger partial charge is 0.0767 e. The normalized spacial score (nSPS) is 26.8. The standard InChI is InChI=1S/C12H26N2O/c1-3-12(15,10-13)7-5-9-14-8-4-6-11(14)2/h11,15H,3-10,13H2,1-2H3. The maximum absolute atomic E-state index is 10.0. The van der Waals surface area contributed by atoms with Crippen molar-refractivity contribution in [2.24, 2.45) is 5.73 Å². The zero-order valence-corrected chi connectivity index (χ0v) is 10.2. The van der Waals surface area contributed by atoms with Crippen LogP contribution in [0.1, 0.15) is 46.0 Å². The van der Waals surface area contributed by atoms with Crippen molar-refractivity contribution in [2.45, 2.75) is 57.6 Å². The van der Waals surface area contributed by atoms with Crippen molar-refractivity contribution in [1.82, 2.24) is 4.90 Å². The van der Waals surface area contributed by atoms with E-state index in [-0.39, 0.29) is 0 Å². The molecule has 1 fully saturated rings. The Kier molecular flexibility index (Phi) is 5.03. The first kappa shape index (κ1) is 12.9. The lowest BCUT2D eigenvalue weighted by atomic mass is 9.95. The van der Waals surface area contributed by atoms with Gasteiger partial charge in [0.05, 0.1) is 5.60 Å². The van der Waals surface area contributed by atoms with Gasteiger partial charge in [0.2, 0.25) is 0 Å². The molecule has 0 aromatic heterocycles. The molecule has 90 valence electrons. The summed E-state index contributed by atoms with van der Waals surface area (Å²) in [7, 11) is 0. The first-order valence-corrected chi connectivity index (χ1v) is 6.28. The molecule has 2 unspecified atom stereocenters. The predicted octanol–water partition coefficient (Wildman–Crippen LogP) is 1.35. The molecule has 1 rings (SSSR count). The Balaban J connectivity index is 2.20. The summed E-state index contributed by atoms with van der Waals surface area (Å²) in [5.74, 6) is 0. The average molecular weight is 214 g/mol. The Hall–Kier alpha value is -0.120. The van der Waals surface area contributed by atoms with Crippen LogP contribution in [0.25, 0.3) is 0 Å². The van der Waals surface area contributed by atoms with Gasteiger partial charge in [-0.25, -0.2) is 0 Å². The second-order valence-corrected chi connectivity index (χ2v) is 4.91. The molecule has 2 atom stereocenters. The quantitative estimate of drug-likeness (QED) is 0.702. The van der Waals surface area contributed by atoms with Crippen LogP contribution in [-0.4, -0.2) is 41.3 Å². The van der Waals surface area contributed by atoms with Gasteiger partial charge in [-0.05, 0) is 52.1 Å². The van der Waals surface area contributed by atoms with Gasteiger partial charge in [0, 0.05) is 12.6 Å². The molecule has 1 saturated heterocycles. The van der Waals surface area contributed by atoms with Gasteiger partial charge >= 0.3 is 0 Å². The molecule has 1 aliphatic rings. The number of likely N-dealkylation sites (tertiary alicyclic amines) is 1. The summed E-state index contributed by atoms with van der Waals surface area (Å²) >= 11 is 0. The predicted molar refractivity (Wildman–Crippen MR) is 63.8 cm³/mol. The van der Waals surface area contributed by atoms with Gasteiger partial charge in [-0.15, -0.1) is 0 Å². The van der Waals surface area contributed by atoms with Crippen molar-refractivity contribution in [2.75, 3.05) is 19.6 Å². The Morgan fingerprint density at radius 1 is 1.53 bits per heavy atom. The number of hydrogen-bond acceptors (Lipinski definition) is 3. The summed E-state index contributed by atoms with van der Waals surface area (Å²) < 4.78 is 0. The number of aliphatic hydroxyl groups is 1. The highest BCUT2D eigenvalue weighted by Crippen LogP contribution is 2.20. The average Bonchev–Trinajstić information content (AvgIpc) is 2.64. The lowest BCUT2D eigenvalue weighted by Crippen LogP contribution is -2.38. The number of nitrogens with zero attached hydrogens (tertiary/aromatic N) is 1. The first-order valence-electron chi connectivity index (χ1n) is 6.28. The highest BCUT2D eigenvalue weighted by atomic mass is 16.3. The Labute approximate surface area is 93.6 Å². The van der Waals surface area contributed by atoms with E-state index in [0.29, 0.717) is 6.54 Å². The van der Waals surface area contributed by atoms with E-state index in [0.717, 1.165) is 31.8 Å². The van der Waals surface area contributed by atoms with E-state index >= 15 is 0 Å². The second kappa shape index (κ2) is 5.83. The van der Waals surface area contributed by atoms with Crippen LogP contribution in [0.15, 0.2) is 0 Å². The van der Waals surface area contributed by atoms with Crippen molar-refractivity contribution in [3.05, 3.63) is 0 Å². The van der Waals surface area contributed by atoms with Crippen LogP contribution in [0.4, 0.5) is 0 Å². The highest BCUT2D eigenvalue weighted by Gasteiger charge is 2.24. The molecule has 15 heavy (non-hydrogen) atoms. The van der Waals surface area contributed by atoms with Crippen molar-refractivity contribution in [1.29, 1.82) is 0 Å². The summed E-state index contributed by atoms with van der Waals surface area (Å²) in [4.78, 5) is 2.52. The van der Waals surface area contributed by atoms with Gasteiger partial charge in [-0.3, -0.25) is 0 Å². The summed E-state index contributed by atoms with van der Waals surface area (Å²) in [6.45, 7) is 7.03. The summed E-state index contributed by atoms with van der Waals surface area (Å²) in [6.07, 6.45) is 5.32. The Morgan fingerprint density at radius 2 is 2.27 bits per heavy atom. The molecule has 0 saturated carbocycles. The molecule has 0 aromatic rings. The number of rotatable bonds is 6. The van der Waals surface area contributed by atoms with E-state index in [1.165, 1.54) is 19.4 Å². The van der Waals surface area contributed by atoms with Gasteiger partial charge in [0.1, 0.15) is 0 Å². The largest absolute Gasteiger partial charge is 0.389 e. The fraction of sp³-hybridized carbons (Fsp3) is 1.00. The van der Waals surface area contributed by atoms with Crippen LogP contribution in [0.3, 0.4) is 0 Å². The van der Waals surface area contributed by atoms with E-state index < -0.39 is 5.60 Å². The molecule has 3 heteroatoms. The molecule has 1 heterocycles. The van der Waals surface area contributed by atoms with Crippen LogP contribution >= 0.6 is 0 Å². The van der Waals surface area contributed by atoms with E-state index in [2.05, 4.69) is 11.8 Å². The fourth-order valence-corrected chi connectivity index (χ4v) is 2.36. The highest BCUT2D eigenvalue weighted by molar-refractivity contribution is 4.80. The van der Waals surface area contributed by atoms with Crippen LogP contribution in [-0.2, 0) is 0 Å². The third kappa shape index (κ3) is 3.74. The first-order chi connectivity index (χ1) is 7.11. The minimum Gasteiger partial charge on any atom is -0.389 e. The molecule has 3 nitrogen and oxygen atoms in total. The molecular weight excluding hydrogens is 188 g/mol. The SMILES string of the molecule is CCC(O)(CN)CCCN1CCCC1C. The molecular formula is C12H26N2O. The third-order valence-electron chi connectivity index (χ3n) is 3.82. The van der Waals surface area contributed by atoms with Gasteiger partial charge in [0.15, 0.2) is 0 Å². The Bertz CT molecular complexity index is 180. The van der Waals surface area contributed by atoms with Crippen molar-refractivity contribution < 1.29 is 5.11 Å².